The van der Waals surface area contributed by atoms with E-state index in [2.05, 4.69) is 8.62 Å². The average Bonchev–Trinajstić information content (AvgIpc) is 2.71. The Balaban J connectivity index is 2.16. The standard InChI is InChI=1S/C9H15N2O14P3/c12-5-1-2-11(9(15)10-5)8-7(14)6(13)4(23-8)3-26(16,17)24-28(21,22)25-27(18,19)20/h1-2,4,6-8,13-14H,3H2,(H,16,17)(H,21,22)(H,10,12,15)(H2,18,19,20)/t4-,6-,7-,8-/m1/s1. The zero-order chi connectivity index (χ0) is 21.5. The summed E-state index contributed by atoms with van der Waals surface area (Å²) in [7, 11) is -16.4. The Morgan fingerprint density at radius 3 is 2.21 bits per heavy atom. The van der Waals surface area contributed by atoms with Crippen molar-refractivity contribution in [3.63, 3.8) is 0 Å². The van der Waals surface area contributed by atoms with Gasteiger partial charge >= 0.3 is 28.9 Å². The number of aliphatic hydroxyl groups is 2. The van der Waals surface area contributed by atoms with Crippen LogP contribution in [0.5, 0.6) is 0 Å². The van der Waals surface area contributed by atoms with E-state index in [1.54, 1.807) is 0 Å². The van der Waals surface area contributed by atoms with Gasteiger partial charge in [-0.2, -0.15) is 4.31 Å². The largest absolute Gasteiger partial charge is 0.488 e. The van der Waals surface area contributed by atoms with Crippen molar-refractivity contribution in [3.05, 3.63) is 33.1 Å². The van der Waals surface area contributed by atoms with Gasteiger partial charge in [0.25, 0.3) is 5.56 Å². The molecule has 0 spiro atoms. The molecule has 1 aromatic heterocycles. The summed E-state index contributed by atoms with van der Waals surface area (Å²) in [5, 5.41) is 19.9. The maximum atomic E-state index is 12.0. The van der Waals surface area contributed by atoms with E-state index in [0.29, 0.717) is 4.57 Å². The van der Waals surface area contributed by atoms with Gasteiger partial charge in [0, 0.05) is 12.3 Å². The topological polar surface area (TPSA) is 255 Å². The first kappa shape index (κ1) is 23.3. The number of hydrogen-bond donors (Lipinski definition) is 7. The molecule has 0 amide bonds. The molecule has 16 nitrogen and oxygen atoms in total. The minimum Gasteiger partial charge on any atom is -0.387 e. The summed E-state index contributed by atoms with van der Waals surface area (Å²) in [6.45, 7) is 0. The predicted molar refractivity (Wildman–Crippen MR) is 86.0 cm³/mol. The highest BCUT2D eigenvalue weighted by Gasteiger charge is 2.49. The second-order valence-corrected chi connectivity index (χ2v) is 10.4. The van der Waals surface area contributed by atoms with E-state index in [1.807, 2.05) is 4.98 Å². The van der Waals surface area contributed by atoms with E-state index < -0.39 is 65.2 Å². The Hall–Kier alpha value is -0.990. The third kappa shape index (κ3) is 6.00. The van der Waals surface area contributed by atoms with Gasteiger partial charge in [0.1, 0.15) is 18.3 Å². The number of rotatable bonds is 7. The molecule has 2 rings (SSSR count). The summed E-state index contributed by atoms with van der Waals surface area (Å²) in [6.07, 6.45) is -7.32. The maximum absolute atomic E-state index is 12.0. The predicted octanol–water partition coefficient (Wildman–Crippen LogP) is -2.43. The lowest BCUT2D eigenvalue weighted by molar-refractivity contribution is -0.0351. The zero-order valence-electron chi connectivity index (χ0n) is 13.4. The van der Waals surface area contributed by atoms with Crippen LogP contribution < -0.4 is 11.2 Å². The summed E-state index contributed by atoms with van der Waals surface area (Å²) in [6, 6.07) is 0.901. The number of nitrogens with zero attached hydrogens (tertiary/aromatic N) is 1. The zero-order valence-corrected chi connectivity index (χ0v) is 16.1. The van der Waals surface area contributed by atoms with Gasteiger partial charge in [0.05, 0.1) is 6.16 Å². The van der Waals surface area contributed by atoms with Crippen molar-refractivity contribution in [2.45, 2.75) is 24.5 Å². The molecule has 1 aliphatic rings. The van der Waals surface area contributed by atoms with Crippen LogP contribution in [0.3, 0.4) is 0 Å². The van der Waals surface area contributed by atoms with Crippen molar-refractivity contribution < 1.29 is 56.8 Å². The van der Waals surface area contributed by atoms with Gasteiger partial charge in [-0.1, -0.05) is 0 Å². The van der Waals surface area contributed by atoms with Crippen LogP contribution in [0.2, 0.25) is 0 Å². The lowest BCUT2D eigenvalue weighted by Crippen LogP contribution is -2.37. The minimum atomic E-state index is -5.68. The average molecular weight is 468 g/mol. The number of phosphoric acid groups is 2. The summed E-state index contributed by atoms with van der Waals surface area (Å²) < 4.78 is 46.9. The summed E-state index contributed by atoms with van der Waals surface area (Å²) in [5.41, 5.74) is -1.79. The molecule has 0 aromatic carbocycles. The Labute approximate surface area is 154 Å². The molecule has 28 heavy (non-hydrogen) atoms. The molecule has 0 saturated carbocycles. The molecule has 0 aliphatic carbocycles. The molecule has 0 bridgehead atoms. The van der Waals surface area contributed by atoms with Gasteiger partial charge in [0.15, 0.2) is 6.23 Å². The van der Waals surface area contributed by atoms with E-state index in [1.165, 1.54) is 0 Å². The highest BCUT2D eigenvalue weighted by Crippen LogP contribution is 2.66. The minimum absolute atomic E-state index is 0.673. The molecule has 7 N–H and O–H groups in total. The third-order valence-corrected chi connectivity index (χ3v) is 7.66. The number of H-pyrrole nitrogens is 1. The van der Waals surface area contributed by atoms with Crippen LogP contribution in [0.4, 0.5) is 0 Å². The number of aliphatic hydroxyl groups excluding tert-OH is 2. The number of ether oxygens (including phenoxy) is 1. The lowest BCUT2D eigenvalue weighted by Gasteiger charge is -2.20. The van der Waals surface area contributed by atoms with Gasteiger partial charge in [0.2, 0.25) is 0 Å². The summed E-state index contributed by atoms with van der Waals surface area (Å²) >= 11 is 0. The fraction of sp³-hybridized carbons (Fsp3) is 0.556. The van der Waals surface area contributed by atoms with Crippen molar-refractivity contribution in [1.29, 1.82) is 0 Å². The molecule has 1 aromatic rings. The molecule has 6 atom stereocenters. The molecule has 2 heterocycles. The maximum Gasteiger partial charge on any atom is 0.488 e. The molecule has 1 aliphatic heterocycles. The van der Waals surface area contributed by atoms with Crippen LogP contribution in [0.1, 0.15) is 6.23 Å². The number of hydrogen-bond acceptors (Lipinski definition) is 10. The van der Waals surface area contributed by atoms with Gasteiger partial charge < -0.3 is 34.5 Å². The monoisotopic (exact) mass is 468 g/mol. The van der Waals surface area contributed by atoms with Crippen molar-refractivity contribution in [2.75, 3.05) is 6.16 Å². The number of nitrogens with one attached hydrogen (secondary N) is 1. The number of aromatic amines is 1. The van der Waals surface area contributed by atoms with Crippen molar-refractivity contribution >= 4 is 23.2 Å². The smallest absolute Gasteiger partial charge is 0.387 e. The molecule has 1 saturated heterocycles. The fourth-order valence-corrected chi connectivity index (χ4v) is 6.09. The normalized spacial score (nSPS) is 29.9. The third-order valence-electron chi connectivity index (χ3n) is 3.31. The molecular formula is C9H15N2O14P3. The molecule has 0 radical (unpaired) electrons. The Morgan fingerprint density at radius 1 is 1.07 bits per heavy atom. The van der Waals surface area contributed by atoms with Crippen molar-refractivity contribution in [1.82, 2.24) is 9.55 Å². The highest BCUT2D eigenvalue weighted by molar-refractivity contribution is 7.68. The van der Waals surface area contributed by atoms with E-state index in [9.17, 15) is 38.4 Å². The van der Waals surface area contributed by atoms with Crippen molar-refractivity contribution in [3.8, 4) is 0 Å². The van der Waals surface area contributed by atoms with Crippen molar-refractivity contribution in [2.24, 2.45) is 0 Å². The van der Waals surface area contributed by atoms with Crippen LogP contribution in [-0.4, -0.2) is 63.8 Å². The van der Waals surface area contributed by atoms with Gasteiger partial charge in [-0.3, -0.25) is 18.9 Å². The van der Waals surface area contributed by atoms with Crippen LogP contribution in [-0.2, 0) is 27.1 Å². The molecule has 2 unspecified atom stereocenters. The second-order valence-electron chi connectivity index (χ2n) is 5.51. The fourth-order valence-electron chi connectivity index (χ4n) is 2.31. The van der Waals surface area contributed by atoms with Gasteiger partial charge in [-0.05, 0) is 0 Å². The van der Waals surface area contributed by atoms with Crippen LogP contribution in [0.15, 0.2) is 21.9 Å². The number of aromatic nitrogens is 2. The first-order valence-electron chi connectivity index (χ1n) is 7.06. The second kappa shape index (κ2) is 8.03. The highest BCUT2D eigenvalue weighted by atomic mass is 31.3. The Kier molecular flexibility index (Phi) is 6.68. The van der Waals surface area contributed by atoms with E-state index >= 15 is 0 Å². The lowest BCUT2D eigenvalue weighted by atomic mass is 10.1. The molecule has 1 fully saturated rings. The first-order chi connectivity index (χ1) is 12.6. The molecular weight excluding hydrogens is 453 g/mol. The quantitative estimate of drug-likeness (QED) is 0.205. The van der Waals surface area contributed by atoms with E-state index in [0.717, 1.165) is 12.3 Å². The summed E-state index contributed by atoms with van der Waals surface area (Å²) in [4.78, 5) is 60.4. The van der Waals surface area contributed by atoms with Crippen LogP contribution in [0.25, 0.3) is 0 Å². The van der Waals surface area contributed by atoms with Gasteiger partial charge in [-0.15, -0.1) is 0 Å². The van der Waals surface area contributed by atoms with Gasteiger partial charge in [-0.25, -0.2) is 18.2 Å². The van der Waals surface area contributed by atoms with Crippen LogP contribution >= 0.6 is 23.2 Å². The SMILES string of the molecule is O=c1ccn([C@@H]2O[C@H](CP(=O)(O)OP(=O)(O)OP(=O)(O)O)[C@@H](O)[C@H]2O)c(=O)[nH]1. The first-order valence-corrected chi connectivity index (χ1v) is 11.8. The van der Waals surface area contributed by atoms with E-state index in [-0.39, 0.29) is 0 Å². The van der Waals surface area contributed by atoms with E-state index in [4.69, 9.17) is 19.4 Å². The molecule has 19 heteroatoms. The Morgan fingerprint density at radius 2 is 1.68 bits per heavy atom. The van der Waals surface area contributed by atoms with Crippen LogP contribution in [0, 0.1) is 0 Å². The summed E-state index contributed by atoms with van der Waals surface area (Å²) in [5.74, 6) is 0. The Bertz CT molecular complexity index is 981. The molecule has 160 valence electrons.